The first-order valence-corrected chi connectivity index (χ1v) is 10.6. The molecule has 0 spiro atoms. The van der Waals surface area contributed by atoms with Crippen molar-refractivity contribution < 1.29 is 24.1 Å². The van der Waals surface area contributed by atoms with Crippen LogP contribution < -0.4 is 14.7 Å². The number of nitro groups is 1. The van der Waals surface area contributed by atoms with E-state index < -0.39 is 34.3 Å². The minimum Gasteiger partial charge on any atom is -0.497 e. The molecule has 0 aromatic heterocycles. The summed E-state index contributed by atoms with van der Waals surface area (Å²) in [5, 5.41) is 12.9. The molecular formula is C25H21N3O6. The van der Waals surface area contributed by atoms with Gasteiger partial charge < -0.3 is 4.74 Å². The fourth-order valence-electron chi connectivity index (χ4n) is 4.70. The monoisotopic (exact) mass is 459 g/mol. The maximum absolute atomic E-state index is 13.9. The van der Waals surface area contributed by atoms with Crippen LogP contribution in [-0.4, -0.2) is 30.0 Å². The predicted molar refractivity (Wildman–Crippen MR) is 123 cm³/mol. The molecule has 2 saturated heterocycles. The highest BCUT2D eigenvalue weighted by Crippen LogP contribution is 2.55. The van der Waals surface area contributed by atoms with E-state index >= 15 is 0 Å². The smallest absolute Gasteiger partial charge is 0.271 e. The van der Waals surface area contributed by atoms with Gasteiger partial charge in [0.05, 0.1) is 29.4 Å². The van der Waals surface area contributed by atoms with E-state index in [4.69, 9.17) is 9.57 Å². The number of nitrogens with zero attached hydrogens (tertiary/aromatic N) is 3. The lowest BCUT2D eigenvalue weighted by atomic mass is 9.76. The van der Waals surface area contributed by atoms with Gasteiger partial charge in [0.25, 0.3) is 11.6 Å². The molecule has 0 radical (unpaired) electrons. The fourth-order valence-corrected chi connectivity index (χ4v) is 4.70. The van der Waals surface area contributed by atoms with Gasteiger partial charge in [0.1, 0.15) is 11.2 Å². The van der Waals surface area contributed by atoms with E-state index in [1.807, 2.05) is 42.5 Å². The number of carbonyl (C=O) groups is 2. The average Bonchev–Trinajstić information content (AvgIpc) is 3.27. The van der Waals surface area contributed by atoms with Gasteiger partial charge in [0.2, 0.25) is 5.91 Å². The second-order valence-corrected chi connectivity index (χ2v) is 8.36. The van der Waals surface area contributed by atoms with Crippen LogP contribution in [0.2, 0.25) is 0 Å². The van der Waals surface area contributed by atoms with E-state index in [2.05, 4.69) is 0 Å². The molecule has 3 aromatic rings. The zero-order chi connectivity index (χ0) is 24.0. The summed E-state index contributed by atoms with van der Waals surface area (Å²) in [6, 6.07) is 21.3. The summed E-state index contributed by atoms with van der Waals surface area (Å²) in [7, 11) is 1.57. The maximum Gasteiger partial charge on any atom is 0.271 e. The van der Waals surface area contributed by atoms with Crippen molar-refractivity contribution in [3.8, 4) is 5.75 Å². The number of hydrogen-bond donors (Lipinski definition) is 0. The summed E-state index contributed by atoms with van der Waals surface area (Å²) in [4.78, 5) is 45.2. The third kappa shape index (κ3) is 3.12. The van der Waals surface area contributed by atoms with Crippen molar-refractivity contribution in [2.75, 3.05) is 17.1 Å². The molecule has 34 heavy (non-hydrogen) atoms. The molecule has 3 atom stereocenters. The van der Waals surface area contributed by atoms with Crippen molar-refractivity contribution in [1.82, 2.24) is 0 Å². The van der Waals surface area contributed by atoms with E-state index in [1.165, 1.54) is 24.3 Å². The fraction of sp³-hybridized carbons (Fsp3) is 0.200. The molecule has 0 aliphatic carbocycles. The van der Waals surface area contributed by atoms with Gasteiger partial charge in [-0.3, -0.25) is 24.5 Å². The highest BCUT2D eigenvalue weighted by Gasteiger charge is 2.68. The lowest BCUT2D eigenvalue weighted by molar-refractivity contribution is -0.384. The molecule has 0 bridgehead atoms. The predicted octanol–water partition coefficient (Wildman–Crippen LogP) is 4.04. The molecule has 0 N–H and O–H groups in total. The van der Waals surface area contributed by atoms with Gasteiger partial charge in [-0.05, 0) is 42.8 Å². The topological polar surface area (TPSA) is 102 Å². The van der Waals surface area contributed by atoms with Gasteiger partial charge in [-0.25, -0.2) is 9.96 Å². The third-order valence-corrected chi connectivity index (χ3v) is 6.42. The molecule has 5 rings (SSSR count). The molecule has 2 amide bonds. The summed E-state index contributed by atoms with van der Waals surface area (Å²) in [6.45, 7) is 1.70. The first kappa shape index (κ1) is 21.6. The number of hydroxylamine groups is 1. The largest absolute Gasteiger partial charge is 0.497 e. The zero-order valence-corrected chi connectivity index (χ0v) is 18.5. The summed E-state index contributed by atoms with van der Waals surface area (Å²) in [6.07, 6.45) is -1.11. The third-order valence-electron chi connectivity index (χ3n) is 6.42. The number of benzene rings is 3. The number of anilines is 2. The molecule has 3 aromatic carbocycles. The molecule has 9 nitrogen and oxygen atoms in total. The van der Waals surface area contributed by atoms with Gasteiger partial charge in [-0.1, -0.05) is 36.4 Å². The van der Waals surface area contributed by atoms with Crippen LogP contribution >= 0.6 is 0 Å². The Morgan fingerprint density at radius 2 is 1.65 bits per heavy atom. The number of methoxy groups -OCH3 is 1. The number of fused-ring (bicyclic) bond motifs is 1. The molecular weight excluding hydrogens is 438 g/mol. The number of ether oxygens (including phenoxy) is 1. The molecule has 2 aliphatic heterocycles. The van der Waals surface area contributed by atoms with Crippen LogP contribution in [-0.2, 0) is 14.4 Å². The number of carbonyl (C=O) groups excluding carboxylic acids is 2. The Morgan fingerprint density at radius 1 is 0.971 bits per heavy atom. The Morgan fingerprint density at radius 3 is 2.29 bits per heavy atom. The van der Waals surface area contributed by atoms with E-state index in [-0.39, 0.29) is 11.4 Å². The van der Waals surface area contributed by atoms with Gasteiger partial charge in [0.15, 0.2) is 6.10 Å². The minimum absolute atomic E-state index is 0.142. The van der Waals surface area contributed by atoms with Crippen LogP contribution in [0.3, 0.4) is 0 Å². The number of imide groups is 1. The standard InChI is InChI=1S/C25H21N3O6/c1-25-21(16-11-13-20(33-2)14-12-16)27(17-7-4-3-5-8-17)34-22(25)23(29)26(24(25)30)18-9-6-10-19(15-18)28(31)32/h3-15,21-22H,1-2H3. The molecule has 3 unspecified atom stereocenters. The highest BCUT2D eigenvalue weighted by molar-refractivity contribution is 6.25. The average molecular weight is 459 g/mol. The first-order chi connectivity index (χ1) is 16.4. The Hall–Kier alpha value is -4.24. The number of nitro benzene ring substituents is 1. The minimum atomic E-state index is -1.29. The molecule has 0 saturated carbocycles. The Kier molecular flexibility index (Phi) is 5.06. The molecule has 2 aliphatic rings. The Labute approximate surface area is 195 Å². The summed E-state index contributed by atoms with van der Waals surface area (Å²) >= 11 is 0. The molecule has 2 heterocycles. The second-order valence-electron chi connectivity index (χ2n) is 8.36. The molecule has 172 valence electrons. The maximum atomic E-state index is 13.9. The first-order valence-electron chi connectivity index (χ1n) is 10.6. The number of rotatable bonds is 5. The normalized spacial score (nSPS) is 23.8. The number of hydrogen-bond acceptors (Lipinski definition) is 7. The zero-order valence-electron chi connectivity index (χ0n) is 18.5. The van der Waals surface area contributed by atoms with Crippen molar-refractivity contribution in [2.24, 2.45) is 5.41 Å². The number of para-hydroxylation sites is 1. The summed E-state index contributed by atoms with van der Waals surface area (Å²) in [5.74, 6) is -0.394. The summed E-state index contributed by atoms with van der Waals surface area (Å²) < 4.78 is 5.27. The quantitative estimate of drug-likeness (QED) is 0.322. The van der Waals surface area contributed by atoms with Crippen molar-refractivity contribution >= 4 is 28.9 Å². The van der Waals surface area contributed by atoms with Gasteiger partial charge in [-0.15, -0.1) is 0 Å². The van der Waals surface area contributed by atoms with Crippen LogP contribution in [0.4, 0.5) is 17.1 Å². The SMILES string of the molecule is COc1ccc(C2N(c3ccccc3)OC3C(=O)N(c4cccc([N+](=O)[O-])c4)C(=O)C32C)cc1. The van der Waals surface area contributed by atoms with Gasteiger partial charge in [-0.2, -0.15) is 0 Å². The lowest BCUT2D eigenvalue weighted by Gasteiger charge is -2.32. The van der Waals surface area contributed by atoms with E-state index in [1.54, 1.807) is 31.2 Å². The Bertz CT molecular complexity index is 1280. The van der Waals surface area contributed by atoms with Crippen molar-refractivity contribution in [1.29, 1.82) is 0 Å². The van der Waals surface area contributed by atoms with E-state index in [0.717, 1.165) is 10.5 Å². The number of non-ortho nitro benzene ring substituents is 1. The van der Waals surface area contributed by atoms with Crippen LogP contribution in [0, 0.1) is 15.5 Å². The van der Waals surface area contributed by atoms with Crippen molar-refractivity contribution in [3.05, 3.63) is 94.5 Å². The van der Waals surface area contributed by atoms with Crippen LogP contribution in [0.25, 0.3) is 0 Å². The van der Waals surface area contributed by atoms with Gasteiger partial charge >= 0.3 is 0 Å². The van der Waals surface area contributed by atoms with Crippen LogP contribution in [0.1, 0.15) is 18.5 Å². The Balaban J connectivity index is 1.62. The molecule has 9 heteroatoms. The van der Waals surface area contributed by atoms with E-state index in [9.17, 15) is 19.7 Å². The van der Waals surface area contributed by atoms with Crippen LogP contribution in [0.5, 0.6) is 5.75 Å². The van der Waals surface area contributed by atoms with Gasteiger partial charge in [0, 0.05) is 12.1 Å². The van der Waals surface area contributed by atoms with Crippen molar-refractivity contribution in [3.63, 3.8) is 0 Å². The van der Waals surface area contributed by atoms with E-state index in [0.29, 0.717) is 11.4 Å². The van der Waals surface area contributed by atoms with Crippen molar-refractivity contribution in [2.45, 2.75) is 19.1 Å². The highest BCUT2D eigenvalue weighted by atomic mass is 16.7. The number of amides is 2. The second kappa shape index (κ2) is 7.96. The van der Waals surface area contributed by atoms with Crippen LogP contribution in [0.15, 0.2) is 78.9 Å². The molecule has 2 fully saturated rings. The summed E-state index contributed by atoms with van der Waals surface area (Å²) in [5.41, 5.74) is 0.103. The lowest BCUT2D eigenvalue weighted by Crippen LogP contribution is -2.41.